The van der Waals surface area contributed by atoms with Crippen LogP contribution < -0.4 is 0 Å². The lowest BCUT2D eigenvalue weighted by Gasteiger charge is -2.18. The van der Waals surface area contributed by atoms with Crippen molar-refractivity contribution >= 4 is 5.97 Å². The van der Waals surface area contributed by atoms with Crippen LogP contribution in [0.5, 0.6) is 0 Å². The summed E-state index contributed by atoms with van der Waals surface area (Å²) in [6.45, 7) is 7.47. The second-order valence-corrected chi connectivity index (χ2v) is 14.9. The Hall–Kier alpha value is -0.690. The number of unbranched alkanes of at least 4 members (excludes halogenated alkanes) is 30. The van der Waals surface area contributed by atoms with E-state index >= 15 is 0 Å². The molecule has 6 nitrogen and oxygen atoms in total. The van der Waals surface area contributed by atoms with Crippen molar-refractivity contribution in [3.63, 3.8) is 0 Å². The Morgan fingerprint density at radius 3 is 1.14 bits per heavy atom. The molecule has 0 unspecified atom stereocenters. The van der Waals surface area contributed by atoms with Gasteiger partial charge in [-0.3, -0.25) is 0 Å². The van der Waals surface area contributed by atoms with Gasteiger partial charge in [0.15, 0.2) is 0 Å². The van der Waals surface area contributed by atoms with Gasteiger partial charge in [0.1, 0.15) is 19.3 Å². The first kappa shape index (κ1) is 49.3. The van der Waals surface area contributed by atoms with E-state index in [0.717, 1.165) is 19.4 Å². The summed E-state index contributed by atoms with van der Waals surface area (Å²) in [5.41, 5.74) is 0. The van der Waals surface area contributed by atoms with Gasteiger partial charge in [-0.1, -0.05) is 206 Å². The van der Waals surface area contributed by atoms with E-state index in [1.807, 2.05) is 0 Å². The van der Waals surface area contributed by atoms with Crippen molar-refractivity contribution in [2.24, 2.45) is 0 Å². The van der Waals surface area contributed by atoms with E-state index in [4.69, 9.17) is 23.7 Å². The maximum Gasteiger partial charge on any atom is 0.332 e. The standard InChI is InChI=1S/C44H88O6/c1-4-6-8-10-12-14-16-18-20-22-24-26-28-30-32-34-36-47-40-43(41-50-44(45)42-48-39-38-46-3)49-37-35-33-31-29-27-25-23-21-19-17-15-13-11-9-7-5-2/h43H,4-42H2,1-3H3/t43-/m1/s1. The van der Waals surface area contributed by atoms with E-state index in [0.29, 0.717) is 26.4 Å². The van der Waals surface area contributed by atoms with Gasteiger partial charge in [0.25, 0.3) is 0 Å². The summed E-state index contributed by atoms with van der Waals surface area (Å²) >= 11 is 0. The zero-order valence-electron chi connectivity index (χ0n) is 34.1. The van der Waals surface area contributed by atoms with Crippen LogP contribution in [-0.2, 0) is 28.5 Å². The average molecular weight is 713 g/mol. The van der Waals surface area contributed by atoms with Crippen LogP contribution in [0.15, 0.2) is 0 Å². The predicted octanol–water partition coefficient (Wildman–Crippen LogP) is 13.1. The second kappa shape index (κ2) is 44.5. The molecule has 0 rings (SSSR count). The van der Waals surface area contributed by atoms with Gasteiger partial charge in [0.05, 0.1) is 19.8 Å². The Balaban J connectivity index is 3.85. The number of ether oxygens (including phenoxy) is 5. The molecule has 0 bridgehead atoms. The van der Waals surface area contributed by atoms with E-state index in [2.05, 4.69) is 13.8 Å². The zero-order valence-corrected chi connectivity index (χ0v) is 34.1. The molecule has 0 radical (unpaired) electrons. The molecule has 0 aliphatic rings. The number of methoxy groups -OCH3 is 1. The molecule has 0 aromatic heterocycles. The molecule has 1 atom stereocenters. The Labute approximate surface area is 312 Å². The number of hydrogen-bond donors (Lipinski definition) is 0. The highest BCUT2D eigenvalue weighted by molar-refractivity contribution is 5.70. The quantitative estimate of drug-likeness (QED) is 0.0463. The first-order chi connectivity index (χ1) is 24.7. The molecule has 0 N–H and O–H groups in total. The van der Waals surface area contributed by atoms with Crippen molar-refractivity contribution in [1.29, 1.82) is 0 Å². The number of rotatable bonds is 44. The van der Waals surface area contributed by atoms with Crippen LogP contribution in [-0.4, -0.2) is 65.4 Å². The summed E-state index contributed by atoms with van der Waals surface area (Å²) in [4.78, 5) is 12.1. The molecule has 0 aliphatic carbocycles. The lowest BCUT2D eigenvalue weighted by Crippen LogP contribution is -2.29. The van der Waals surface area contributed by atoms with Crippen LogP contribution in [0.4, 0.5) is 0 Å². The monoisotopic (exact) mass is 713 g/mol. The van der Waals surface area contributed by atoms with E-state index in [1.54, 1.807) is 7.11 Å². The fourth-order valence-electron chi connectivity index (χ4n) is 6.54. The van der Waals surface area contributed by atoms with Crippen LogP contribution in [0, 0.1) is 0 Å². The largest absolute Gasteiger partial charge is 0.461 e. The topological polar surface area (TPSA) is 63.2 Å². The highest BCUT2D eigenvalue weighted by atomic mass is 16.6. The number of hydrogen-bond acceptors (Lipinski definition) is 6. The SMILES string of the molecule is CCCCCCCCCCCCCCCCCCOC[C@H](COC(=O)COCCOC)OCCCCCCCCCCCCCCCCCC. The fraction of sp³-hybridized carbons (Fsp3) is 0.977. The first-order valence-electron chi connectivity index (χ1n) is 22.2. The maximum atomic E-state index is 12.1. The van der Waals surface area contributed by atoms with Crippen LogP contribution in [0.3, 0.4) is 0 Å². The van der Waals surface area contributed by atoms with Gasteiger partial charge in [-0.15, -0.1) is 0 Å². The molecule has 0 aromatic carbocycles. The molecule has 0 amide bonds. The normalized spacial score (nSPS) is 12.1. The third kappa shape index (κ3) is 41.7. The summed E-state index contributed by atoms with van der Waals surface area (Å²) in [6.07, 6.45) is 43.4. The van der Waals surface area contributed by atoms with Gasteiger partial charge < -0.3 is 23.7 Å². The Bertz CT molecular complexity index is 630. The molecule has 6 heteroatoms. The molecular weight excluding hydrogens is 624 g/mol. The minimum absolute atomic E-state index is 0.0603. The van der Waals surface area contributed by atoms with E-state index in [-0.39, 0.29) is 25.3 Å². The van der Waals surface area contributed by atoms with E-state index < -0.39 is 0 Å². The van der Waals surface area contributed by atoms with Crippen LogP contribution >= 0.6 is 0 Å². The third-order valence-electron chi connectivity index (χ3n) is 9.88. The Kier molecular flexibility index (Phi) is 43.9. The van der Waals surface area contributed by atoms with Crippen molar-refractivity contribution in [1.82, 2.24) is 0 Å². The second-order valence-electron chi connectivity index (χ2n) is 14.9. The van der Waals surface area contributed by atoms with Crippen molar-refractivity contribution in [2.75, 3.05) is 53.4 Å². The predicted molar refractivity (Wildman–Crippen MR) is 213 cm³/mol. The molecule has 0 spiro atoms. The van der Waals surface area contributed by atoms with Gasteiger partial charge in [0, 0.05) is 20.3 Å². The van der Waals surface area contributed by atoms with E-state index in [9.17, 15) is 4.79 Å². The highest BCUT2D eigenvalue weighted by Crippen LogP contribution is 2.15. The molecule has 0 saturated carbocycles. The summed E-state index contributed by atoms with van der Waals surface area (Å²) in [5, 5.41) is 0. The Morgan fingerprint density at radius 1 is 0.400 bits per heavy atom. The minimum Gasteiger partial charge on any atom is -0.461 e. The van der Waals surface area contributed by atoms with Crippen molar-refractivity contribution in [3.05, 3.63) is 0 Å². The molecule has 0 heterocycles. The Morgan fingerprint density at radius 2 is 0.760 bits per heavy atom. The number of esters is 1. The molecule has 300 valence electrons. The van der Waals surface area contributed by atoms with Crippen molar-refractivity contribution in [2.45, 2.75) is 225 Å². The number of carbonyl (C=O) groups excluding carboxylic acids is 1. The van der Waals surface area contributed by atoms with Crippen molar-refractivity contribution in [3.8, 4) is 0 Å². The number of carbonyl (C=O) groups is 1. The zero-order chi connectivity index (χ0) is 36.3. The minimum atomic E-state index is -0.366. The molecular formula is C44H88O6. The summed E-state index contributed by atoms with van der Waals surface area (Å²) in [7, 11) is 1.61. The first-order valence-corrected chi connectivity index (χ1v) is 22.2. The fourth-order valence-corrected chi connectivity index (χ4v) is 6.54. The van der Waals surface area contributed by atoms with Gasteiger partial charge >= 0.3 is 5.97 Å². The summed E-state index contributed by atoms with van der Waals surface area (Å²) < 4.78 is 27.8. The van der Waals surface area contributed by atoms with Gasteiger partial charge in [-0.25, -0.2) is 4.79 Å². The van der Waals surface area contributed by atoms with Gasteiger partial charge in [-0.2, -0.15) is 0 Å². The summed E-state index contributed by atoms with van der Waals surface area (Å²) in [6, 6.07) is 0. The lowest BCUT2D eigenvalue weighted by molar-refractivity contribution is -0.155. The molecule has 50 heavy (non-hydrogen) atoms. The third-order valence-corrected chi connectivity index (χ3v) is 9.88. The van der Waals surface area contributed by atoms with Crippen LogP contribution in [0.1, 0.15) is 219 Å². The molecule has 0 aromatic rings. The van der Waals surface area contributed by atoms with Crippen molar-refractivity contribution < 1.29 is 28.5 Å². The van der Waals surface area contributed by atoms with Gasteiger partial charge in [0.2, 0.25) is 0 Å². The molecule has 0 fully saturated rings. The average Bonchev–Trinajstić information content (AvgIpc) is 3.12. The van der Waals surface area contributed by atoms with Crippen LogP contribution in [0.2, 0.25) is 0 Å². The smallest absolute Gasteiger partial charge is 0.332 e. The molecule has 0 saturated heterocycles. The van der Waals surface area contributed by atoms with Crippen LogP contribution in [0.25, 0.3) is 0 Å². The highest BCUT2D eigenvalue weighted by Gasteiger charge is 2.13. The lowest BCUT2D eigenvalue weighted by atomic mass is 10.0. The summed E-state index contributed by atoms with van der Waals surface area (Å²) in [5.74, 6) is -0.366. The van der Waals surface area contributed by atoms with E-state index in [1.165, 1.54) is 193 Å². The van der Waals surface area contributed by atoms with Gasteiger partial charge in [-0.05, 0) is 12.8 Å². The molecule has 0 aliphatic heterocycles. The maximum absolute atomic E-state index is 12.1.